The Kier molecular flexibility index (Phi) is 5.26. The highest BCUT2D eigenvalue weighted by molar-refractivity contribution is 6.05. The third-order valence-corrected chi connectivity index (χ3v) is 5.46. The molecule has 36 heavy (non-hydrogen) atoms. The average Bonchev–Trinajstić information content (AvgIpc) is 3.27. The van der Waals surface area contributed by atoms with Crippen LogP contribution < -0.4 is 15.6 Å². The Morgan fingerprint density at radius 3 is 2.56 bits per heavy atom. The summed E-state index contributed by atoms with van der Waals surface area (Å²) in [4.78, 5) is 28.6. The maximum Gasteiger partial charge on any atom is 0.434 e. The van der Waals surface area contributed by atoms with E-state index in [1.807, 2.05) is 5.32 Å². The van der Waals surface area contributed by atoms with Crippen LogP contribution in [0.2, 0.25) is 0 Å². The number of carbonyl (C=O) groups is 1. The molecule has 0 unspecified atom stereocenters. The Morgan fingerprint density at radius 2 is 1.83 bits per heavy atom. The minimum Gasteiger partial charge on any atom is -0.490 e. The molecule has 0 fully saturated rings. The average molecular weight is 509 g/mol. The number of amides is 1. The zero-order valence-electron chi connectivity index (χ0n) is 17.8. The molecule has 4 heterocycles. The van der Waals surface area contributed by atoms with E-state index >= 15 is 0 Å². The molecule has 1 aromatic carbocycles. The summed E-state index contributed by atoms with van der Waals surface area (Å²) in [6, 6.07) is 7.04. The number of rotatable bonds is 3. The van der Waals surface area contributed by atoms with Gasteiger partial charge in [0.1, 0.15) is 18.1 Å². The molecule has 5 rings (SSSR count). The molecule has 0 aliphatic carbocycles. The van der Waals surface area contributed by atoms with Crippen molar-refractivity contribution in [1.29, 1.82) is 0 Å². The van der Waals surface area contributed by atoms with E-state index in [1.165, 1.54) is 16.7 Å². The largest absolute Gasteiger partial charge is 0.490 e. The highest BCUT2D eigenvalue weighted by Gasteiger charge is 2.41. The third-order valence-electron chi connectivity index (χ3n) is 5.46. The van der Waals surface area contributed by atoms with Crippen LogP contribution in [0.25, 0.3) is 16.6 Å². The molecule has 1 amide bonds. The van der Waals surface area contributed by atoms with Gasteiger partial charge in [0.15, 0.2) is 5.69 Å². The zero-order chi connectivity index (χ0) is 25.8. The van der Waals surface area contributed by atoms with Crippen molar-refractivity contribution in [3.8, 4) is 11.4 Å². The van der Waals surface area contributed by atoms with Gasteiger partial charge in [0.25, 0.3) is 11.5 Å². The molecule has 3 aromatic heterocycles. The molecule has 0 bridgehead atoms. The number of halogens is 6. The van der Waals surface area contributed by atoms with Crippen molar-refractivity contribution >= 4 is 22.5 Å². The lowest BCUT2D eigenvalue weighted by Crippen LogP contribution is -2.28. The summed E-state index contributed by atoms with van der Waals surface area (Å²) in [7, 11) is 0. The van der Waals surface area contributed by atoms with E-state index in [9.17, 15) is 35.9 Å². The second kappa shape index (κ2) is 8.10. The Morgan fingerprint density at radius 1 is 1.06 bits per heavy atom. The quantitative estimate of drug-likeness (QED) is 0.417. The number of hydrogen-bond acceptors (Lipinski definition) is 5. The summed E-state index contributed by atoms with van der Waals surface area (Å²) >= 11 is 0. The summed E-state index contributed by atoms with van der Waals surface area (Å²) in [6.07, 6.45) is -8.55. The van der Waals surface area contributed by atoms with Crippen molar-refractivity contribution in [2.24, 2.45) is 0 Å². The van der Waals surface area contributed by atoms with Gasteiger partial charge in [0.2, 0.25) is 0 Å². The Bertz CT molecular complexity index is 1570. The van der Waals surface area contributed by atoms with Gasteiger partial charge in [-0.25, -0.2) is 4.68 Å². The topological polar surface area (TPSA) is 91.0 Å². The third kappa shape index (κ3) is 3.93. The number of para-hydroxylation sites is 1. The lowest BCUT2D eigenvalue weighted by atomic mass is 10.1. The minimum absolute atomic E-state index is 0.192. The van der Waals surface area contributed by atoms with E-state index in [4.69, 9.17) is 4.74 Å². The lowest BCUT2D eigenvalue weighted by Gasteiger charge is -2.22. The van der Waals surface area contributed by atoms with Crippen LogP contribution in [0.3, 0.4) is 0 Å². The van der Waals surface area contributed by atoms with Crippen molar-refractivity contribution in [2.45, 2.75) is 18.9 Å². The highest BCUT2D eigenvalue weighted by atomic mass is 19.4. The second-order valence-electron chi connectivity index (χ2n) is 7.72. The van der Waals surface area contributed by atoms with Crippen molar-refractivity contribution < 1.29 is 35.9 Å². The number of aromatic nitrogens is 4. The standard InChI is InChI=1S/C22H13F6N5O3/c23-21(24,25)16-8-11(4-5-29-16)31-20(35)13-10-30-33(19(13)22(26,27)28)14-9-17(34)32-6-7-36-15-3-1-2-12(14)18(15)32/h1-5,8-10H,6-7H2,(H,29,31,35). The van der Waals surface area contributed by atoms with Gasteiger partial charge in [-0.05, 0) is 18.2 Å². The van der Waals surface area contributed by atoms with E-state index in [1.54, 1.807) is 6.07 Å². The van der Waals surface area contributed by atoms with E-state index in [2.05, 4.69) is 10.1 Å². The molecule has 1 N–H and O–H groups in total. The first-order valence-corrected chi connectivity index (χ1v) is 10.2. The second-order valence-corrected chi connectivity index (χ2v) is 7.72. The molecule has 14 heteroatoms. The number of carbonyl (C=O) groups excluding carboxylic acids is 1. The molecule has 0 spiro atoms. The number of hydrogen-bond donors (Lipinski definition) is 1. The molecular weight excluding hydrogens is 496 g/mol. The first-order chi connectivity index (χ1) is 16.9. The normalized spacial score (nSPS) is 13.5. The molecule has 0 radical (unpaired) electrons. The van der Waals surface area contributed by atoms with Crippen molar-refractivity contribution in [3.05, 3.63) is 76.1 Å². The smallest absolute Gasteiger partial charge is 0.434 e. The minimum atomic E-state index is -5.12. The van der Waals surface area contributed by atoms with Crippen LogP contribution in [0.1, 0.15) is 21.7 Å². The van der Waals surface area contributed by atoms with Crippen LogP contribution in [-0.2, 0) is 18.9 Å². The van der Waals surface area contributed by atoms with Crippen LogP contribution in [0, 0.1) is 0 Å². The predicted octanol–water partition coefficient (Wildman–Crippen LogP) is 4.26. The SMILES string of the molecule is O=C(Nc1ccnc(C(F)(F)F)c1)c1cnn(-c2cc(=O)n3c4c(cccc24)OCC3)c1C(F)(F)F. The molecule has 1 aliphatic heterocycles. The van der Waals surface area contributed by atoms with E-state index in [0.29, 0.717) is 22.7 Å². The molecule has 0 atom stereocenters. The van der Waals surface area contributed by atoms with Crippen molar-refractivity contribution in [2.75, 3.05) is 11.9 Å². The Balaban J connectivity index is 1.63. The fraction of sp³-hybridized carbons (Fsp3) is 0.182. The van der Waals surface area contributed by atoms with Crippen LogP contribution in [0.15, 0.2) is 53.6 Å². The van der Waals surface area contributed by atoms with E-state index in [-0.39, 0.29) is 29.7 Å². The molecular formula is C22H13F6N5O3. The summed E-state index contributed by atoms with van der Waals surface area (Å²) < 4.78 is 88.6. The van der Waals surface area contributed by atoms with Gasteiger partial charge in [-0.15, -0.1) is 0 Å². The van der Waals surface area contributed by atoms with Gasteiger partial charge >= 0.3 is 12.4 Å². The van der Waals surface area contributed by atoms with Crippen LogP contribution in [-0.4, -0.2) is 31.8 Å². The van der Waals surface area contributed by atoms with E-state index < -0.39 is 46.5 Å². The van der Waals surface area contributed by atoms with Gasteiger partial charge in [-0.3, -0.25) is 14.6 Å². The van der Waals surface area contributed by atoms with Gasteiger partial charge in [-0.2, -0.15) is 31.4 Å². The van der Waals surface area contributed by atoms with Crippen molar-refractivity contribution in [1.82, 2.24) is 19.3 Å². The van der Waals surface area contributed by atoms with Gasteiger partial charge in [0, 0.05) is 23.3 Å². The van der Waals surface area contributed by atoms with Crippen LogP contribution in [0.4, 0.5) is 32.0 Å². The monoisotopic (exact) mass is 509 g/mol. The first kappa shape index (κ1) is 23.4. The molecule has 8 nitrogen and oxygen atoms in total. The van der Waals surface area contributed by atoms with Gasteiger partial charge < -0.3 is 14.6 Å². The predicted molar refractivity (Wildman–Crippen MR) is 113 cm³/mol. The summed E-state index contributed by atoms with van der Waals surface area (Å²) in [6.45, 7) is 0.397. The number of pyridine rings is 2. The number of nitrogens with zero attached hydrogens (tertiary/aromatic N) is 4. The fourth-order valence-electron chi connectivity index (χ4n) is 3.98. The summed E-state index contributed by atoms with van der Waals surface area (Å²) in [5, 5.41) is 5.96. The number of benzene rings is 1. The van der Waals surface area contributed by atoms with Crippen LogP contribution >= 0.6 is 0 Å². The maximum atomic E-state index is 14.2. The number of alkyl halides is 6. The summed E-state index contributed by atoms with van der Waals surface area (Å²) in [5.41, 5.74) is -4.78. The fourth-order valence-corrected chi connectivity index (χ4v) is 3.98. The number of anilines is 1. The zero-order valence-corrected chi connectivity index (χ0v) is 17.8. The number of nitrogens with one attached hydrogen (secondary N) is 1. The highest BCUT2D eigenvalue weighted by Crippen LogP contribution is 2.37. The van der Waals surface area contributed by atoms with E-state index in [0.717, 1.165) is 18.3 Å². The molecule has 1 aliphatic rings. The summed E-state index contributed by atoms with van der Waals surface area (Å²) in [5.74, 6) is -1.05. The Labute approximate surface area is 196 Å². The lowest BCUT2D eigenvalue weighted by molar-refractivity contribution is -0.143. The maximum absolute atomic E-state index is 14.2. The number of ether oxygens (including phenoxy) is 1. The van der Waals surface area contributed by atoms with Gasteiger partial charge in [-0.1, -0.05) is 12.1 Å². The Hall–Kier alpha value is -4.36. The molecule has 186 valence electrons. The molecule has 4 aromatic rings. The van der Waals surface area contributed by atoms with Crippen molar-refractivity contribution in [3.63, 3.8) is 0 Å². The molecule has 0 saturated heterocycles. The molecule has 0 saturated carbocycles. The van der Waals surface area contributed by atoms with Crippen LogP contribution in [0.5, 0.6) is 5.75 Å². The van der Waals surface area contributed by atoms with Gasteiger partial charge in [0.05, 0.1) is 29.5 Å². The first-order valence-electron chi connectivity index (χ1n) is 10.2.